The maximum atomic E-state index is 11.6. The summed E-state index contributed by atoms with van der Waals surface area (Å²) in [7, 11) is 0. The summed E-state index contributed by atoms with van der Waals surface area (Å²) in [5, 5.41) is 6.07. The van der Waals surface area contributed by atoms with E-state index in [4.69, 9.17) is 0 Å². The van der Waals surface area contributed by atoms with Crippen molar-refractivity contribution in [1.29, 1.82) is 0 Å². The molecule has 0 bridgehead atoms. The van der Waals surface area contributed by atoms with Crippen molar-refractivity contribution in [3.05, 3.63) is 22.4 Å². The van der Waals surface area contributed by atoms with Gasteiger partial charge in [-0.3, -0.25) is 4.79 Å². The summed E-state index contributed by atoms with van der Waals surface area (Å²) < 4.78 is 0. The summed E-state index contributed by atoms with van der Waals surface area (Å²) in [6.45, 7) is 4.23. The zero-order valence-corrected chi connectivity index (χ0v) is 10.6. The number of amides is 1. The van der Waals surface area contributed by atoms with E-state index in [0.717, 1.165) is 31.4 Å². The molecule has 16 heavy (non-hydrogen) atoms. The number of thiophene rings is 1. The Morgan fingerprint density at radius 1 is 1.38 bits per heavy atom. The van der Waals surface area contributed by atoms with Gasteiger partial charge in [-0.05, 0) is 24.3 Å². The topological polar surface area (TPSA) is 41.5 Å². The minimum Gasteiger partial charge on any atom is -0.266 e. The van der Waals surface area contributed by atoms with Crippen LogP contribution in [-0.4, -0.2) is 11.6 Å². The fourth-order valence-corrected chi connectivity index (χ4v) is 2.02. The third kappa shape index (κ3) is 4.14. The van der Waals surface area contributed by atoms with Gasteiger partial charge in [0.2, 0.25) is 0 Å². The molecule has 0 fully saturated rings. The molecule has 1 heterocycles. The molecule has 1 rings (SSSR count). The molecule has 0 unspecified atom stereocenters. The monoisotopic (exact) mass is 238 g/mol. The van der Waals surface area contributed by atoms with Crippen LogP contribution in [0.5, 0.6) is 0 Å². The molecule has 0 aromatic carbocycles. The molecule has 0 radical (unpaired) electrons. The summed E-state index contributed by atoms with van der Waals surface area (Å²) in [5.74, 6) is -0.111. The molecule has 0 saturated carbocycles. The van der Waals surface area contributed by atoms with Crippen LogP contribution in [0.15, 0.2) is 22.6 Å². The molecule has 1 aromatic rings. The van der Waals surface area contributed by atoms with Crippen LogP contribution in [0, 0.1) is 0 Å². The van der Waals surface area contributed by atoms with Gasteiger partial charge in [-0.15, -0.1) is 11.3 Å². The molecule has 0 spiro atoms. The lowest BCUT2D eigenvalue weighted by Crippen LogP contribution is -2.18. The van der Waals surface area contributed by atoms with Crippen molar-refractivity contribution in [3.63, 3.8) is 0 Å². The molecule has 0 atom stereocenters. The van der Waals surface area contributed by atoms with Crippen LogP contribution in [0.25, 0.3) is 0 Å². The zero-order chi connectivity index (χ0) is 11.8. The van der Waals surface area contributed by atoms with E-state index in [1.54, 1.807) is 6.07 Å². The highest BCUT2D eigenvalue weighted by molar-refractivity contribution is 7.12. The normalized spacial score (nSPS) is 9.88. The van der Waals surface area contributed by atoms with E-state index in [-0.39, 0.29) is 5.91 Å². The summed E-state index contributed by atoms with van der Waals surface area (Å²) in [6, 6.07) is 3.66. The minimum atomic E-state index is -0.111. The Bertz CT molecular complexity index is 336. The predicted octanol–water partition coefficient (Wildman–Crippen LogP) is 3.43. The fourth-order valence-electron chi connectivity index (χ4n) is 1.41. The van der Waals surface area contributed by atoms with Gasteiger partial charge in [-0.2, -0.15) is 5.10 Å². The molecular formula is C12H18N2OS. The van der Waals surface area contributed by atoms with Gasteiger partial charge in [0.1, 0.15) is 0 Å². The summed E-state index contributed by atoms with van der Waals surface area (Å²) >= 11 is 1.43. The van der Waals surface area contributed by atoms with Crippen LogP contribution >= 0.6 is 11.3 Å². The van der Waals surface area contributed by atoms with Gasteiger partial charge >= 0.3 is 0 Å². The Hall–Kier alpha value is -1.16. The summed E-state index contributed by atoms with van der Waals surface area (Å²) in [6.07, 6.45) is 4.04. The van der Waals surface area contributed by atoms with Crippen molar-refractivity contribution in [2.45, 2.75) is 39.5 Å². The second kappa shape index (κ2) is 7.17. The van der Waals surface area contributed by atoms with Crippen LogP contribution in [0.3, 0.4) is 0 Å². The lowest BCUT2D eigenvalue weighted by Gasteiger charge is -2.03. The Morgan fingerprint density at radius 3 is 2.56 bits per heavy atom. The first-order valence-corrected chi connectivity index (χ1v) is 6.55. The quantitative estimate of drug-likeness (QED) is 0.598. The van der Waals surface area contributed by atoms with E-state index in [0.29, 0.717) is 4.88 Å². The SMILES string of the molecule is CCCC(CCC)=NNC(=O)c1cccs1. The molecule has 1 N–H and O–H groups in total. The van der Waals surface area contributed by atoms with Crippen LogP contribution in [0.4, 0.5) is 0 Å². The average molecular weight is 238 g/mol. The number of nitrogens with one attached hydrogen (secondary N) is 1. The molecule has 3 nitrogen and oxygen atoms in total. The van der Waals surface area contributed by atoms with E-state index in [2.05, 4.69) is 24.4 Å². The first-order valence-electron chi connectivity index (χ1n) is 5.67. The number of carbonyl (C=O) groups is 1. The smallest absolute Gasteiger partial charge is 0.266 e. The lowest BCUT2D eigenvalue weighted by atomic mass is 10.1. The first-order chi connectivity index (χ1) is 7.77. The van der Waals surface area contributed by atoms with Crippen molar-refractivity contribution < 1.29 is 4.79 Å². The maximum Gasteiger partial charge on any atom is 0.281 e. The number of rotatable bonds is 6. The highest BCUT2D eigenvalue weighted by atomic mass is 32.1. The van der Waals surface area contributed by atoms with Crippen molar-refractivity contribution in [3.8, 4) is 0 Å². The van der Waals surface area contributed by atoms with Gasteiger partial charge in [0, 0.05) is 5.71 Å². The van der Waals surface area contributed by atoms with E-state index < -0.39 is 0 Å². The number of carbonyl (C=O) groups excluding carboxylic acids is 1. The molecule has 1 amide bonds. The van der Waals surface area contributed by atoms with E-state index >= 15 is 0 Å². The number of hydrazone groups is 1. The van der Waals surface area contributed by atoms with Gasteiger partial charge in [0.25, 0.3) is 5.91 Å². The molecule has 4 heteroatoms. The molecule has 0 aliphatic carbocycles. The largest absolute Gasteiger partial charge is 0.281 e. The van der Waals surface area contributed by atoms with Crippen LogP contribution in [0.1, 0.15) is 49.2 Å². The van der Waals surface area contributed by atoms with E-state index in [1.807, 2.05) is 11.4 Å². The minimum absolute atomic E-state index is 0.111. The summed E-state index contributed by atoms with van der Waals surface area (Å²) in [5.41, 5.74) is 3.69. The van der Waals surface area contributed by atoms with Crippen LogP contribution in [-0.2, 0) is 0 Å². The predicted molar refractivity (Wildman–Crippen MR) is 69.0 cm³/mol. The van der Waals surface area contributed by atoms with Crippen molar-refractivity contribution in [2.75, 3.05) is 0 Å². The number of hydrogen-bond donors (Lipinski definition) is 1. The van der Waals surface area contributed by atoms with Gasteiger partial charge in [-0.1, -0.05) is 32.8 Å². The van der Waals surface area contributed by atoms with E-state index in [9.17, 15) is 4.79 Å². The second-order valence-electron chi connectivity index (χ2n) is 3.60. The van der Waals surface area contributed by atoms with Gasteiger partial charge in [-0.25, -0.2) is 5.43 Å². The van der Waals surface area contributed by atoms with Crippen LogP contribution in [0.2, 0.25) is 0 Å². The van der Waals surface area contributed by atoms with Crippen LogP contribution < -0.4 is 5.43 Å². The standard InChI is InChI=1S/C12H18N2OS/c1-3-6-10(7-4-2)13-14-12(15)11-8-5-9-16-11/h5,8-9H,3-4,6-7H2,1-2H3,(H,14,15). The van der Waals surface area contributed by atoms with Crippen molar-refractivity contribution in [2.24, 2.45) is 5.10 Å². The Kier molecular flexibility index (Phi) is 5.78. The van der Waals surface area contributed by atoms with Crippen molar-refractivity contribution >= 4 is 23.0 Å². The molecule has 88 valence electrons. The molecule has 0 aliphatic rings. The Morgan fingerprint density at radius 2 is 2.06 bits per heavy atom. The number of hydrogen-bond acceptors (Lipinski definition) is 3. The van der Waals surface area contributed by atoms with E-state index in [1.165, 1.54) is 11.3 Å². The first kappa shape index (κ1) is 12.9. The van der Waals surface area contributed by atoms with Crippen molar-refractivity contribution in [1.82, 2.24) is 5.43 Å². The second-order valence-corrected chi connectivity index (χ2v) is 4.54. The van der Waals surface area contributed by atoms with Gasteiger partial charge in [0.15, 0.2) is 0 Å². The highest BCUT2D eigenvalue weighted by Crippen LogP contribution is 2.08. The van der Waals surface area contributed by atoms with Gasteiger partial charge < -0.3 is 0 Å². The molecule has 0 saturated heterocycles. The lowest BCUT2D eigenvalue weighted by molar-refractivity contribution is 0.0958. The molecule has 0 aliphatic heterocycles. The number of nitrogens with zero attached hydrogens (tertiary/aromatic N) is 1. The fraction of sp³-hybridized carbons (Fsp3) is 0.500. The Balaban J connectivity index is 2.52. The highest BCUT2D eigenvalue weighted by Gasteiger charge is 2.05. The maximum absolute atomic E-state index is 11.6. The Labute approximate surface area is 101 Å². The summed E-state index contributed by atoms with van der Waals surface area (Å²) in [4.78, 5) is 12.3. The molecular weight excluding hydrogens is 220 g/mol. The van der Waals surface area contributed by atoms with Gasteiger partial charge in [0.05, 0.1) is 4.88 Å². The average Bonchev–Trinajstić information content (AvgIpc) is 2.79. The third-order valence-electron chi connectivity index (χ3n) is 2.14. The molecule has 1 aromatic heterocycles. The zero-order valence-electron chi connectivity index (χ0n) is 9.82. The third-order valence-corrected chi connectivity index (χ3v) is 3.01.